The number of furan rings is 1. The fourth-order valence-corrected chi connectivity index (χ4v) is 3.82. The number of thiocarbonyl (C=S) groups is 1. The van der Waals surface area contributed by atoms with E-state index >= 15 is 0 Å². The summed E-state index contributed by atoms with van der Waals surface area (Å²) in [7, 11) is 0. The van der Waals surface area contributed by atoms with Gasteiger partial charge in [0.15, 0.2) is 5.11 Å². The normalized spacial score (nSPS) is 10.7. The van der Waals surface area contributed by atoms with Gasteiger partial charge < -0.3 is 9.73 Å². The molecule has 1 aromatic carbocycles. The number of hydrogen-bond donors (Lipinski definition) is 2. The number of carbonyl (C=O) groups is 1. The molecule has 2 aromatic heterocycles. The van der Waals surface area contributed by atoms with Crippen LogP contribution in [0.2, 0.25) is 10.0 Å². The molecule has 3 rings (SSSR count). The Morgan fingerprint density at radius 2 is 2.13 bits per heavy atom. The van der Waals surface area contributed by atoms with Gasteiger partial charge in [-0.05, 0) is 36.5 Å². The van der Waals surface area contributed by atoms with Crippen molar-refractivity contribution in [3.05, 3.63) is 57.3 Å². The number of fused-ring (bicyclic) bond motifs is 1. The van der Waals surface area contributed by atoms with E-state index in [0.717, 1.165) is 15.8 Å². The van der Waals surface area contributed by atoms with Crippen LogP contribution in [0.25, 0.3) is 10.1 Å². The van der Waals surface area contributed by atoms with Crippen LogP contribution in [0.1, 0.15) is 15.4 Å². The third kappa shape index (κ3) is 3.67. The van der Waals surface area contributed by atoms with Crippen molar-refractivity contribution in [2.24, 2.45) is 0 Å². The lowest BCUT2D eigenvalue weighted by atomic mass is 10.2. The maximum atomic E-state index is 12.3. The molecule has 4 nitrogen and oxygen atoms in total. The highest BCUT2D eigenvalue weighted by atomic mass is 35.5. The molecular formula is C15H10Cl2N2O2S2. The SMILES string of the molecule is O=C(NC(=S)NCc1ccco1)c1sc2cc(Cl)ccc2c1Cl. The first-order chi connectivity index (χ1) is 11.0. The number of amides is 1. The van der Waals surface area contributed by atoms with Crippen LogP contribution in [0, 0.1) is 0 Å². The number of hydrogen-bond acceptors (Lipinski definition) is 4. The van der Waals surface area contributed by atoms with Gasteiger partial charge in [0.05, 0.1) is 17.8 Å². The van der Waals surface area contributed by atoms with Crippen molar-refractivity contribution >= 4 is 67.9 Å². The van der Waals surface area contributed by atoms with E-state index in [9.17, 15) is 4.79 Å². The van der Waals surface area contributed by atoms with Crippen LogP contribution in [0.4, 0.5) is 0 Å². The van der Waals surface area contributed by atoms with E-state index in [2.05, 4.69) is 10.6 Å². The lowest BCUT2D eigenvalue weighted by Gasteiger charge is -2.07. The lowest BCUT2D eigenvalue weighted by molar-refractivity contribution is 0.0980. The zero-order chi connectivity index (χ0) is 16.4. The Labute approximate surface area is 151 Å². The second-order valence-electron chi connectivity index (χ2n) is 4.60. The largest absolute Gasteiger partial charge is 0.467 e. The second-order valence-corrected chi connectivity index (χ2v) is 6.88. The molecule has 3 aromatic rings. The molecule has 1 amide bonds. The molecule has 8 heteroatoms. The van der Waals surface area contributed by atoms with Gasteiger partial charge in [0.1, 0.15) is 10.6 Å². The first kappa shape index (κ1) is 16.3. The average molecular weight is 385 g/mol. The molecule has 2 N–H and O–H groups in total. The molecule has 0 unspecified atom stereocenters. The van der Waals surface area contributed by atoms with Crippen LogP contribution < -0.4 is 10.6 Å². The van der Waals surface area contributed by atoms with Crippen molar-refractivity contribution in [3.8, 4) is 0 Å². The molecule has 0 bridgehead atoms. The maximum Gasteiger partial charge on any atom is 0.269 e. The van der Waals surface area contributed by atoms with Crippen molar-refractivity contribution in [1.29, 1.82) is 0 Å². The molecule has 0 spiro atoms. The third-order valence-electron chi connectivity index (χ3n) is 3.03. The highest BCUT2D eigenvalue weighted by molar-refractivity contribution is 7.80. The van der Waals surface area contributed by atoms with E-state index in [1.165, 1.54) is 11.3 Å². The molecule has 0 saturated heterocycles. The predicted octanol–water partition coefficient (Wildman–Crippen LogP) is 4.61. The predicted molar refractivity (Wildman–Crippen MR) is 97.5 cm³/mol. The van der Waals surface area contributed by atoms with E-state index in [0.29, 0.717) is 21.5 Å². The number of benzene rings is 1. The minimum absolute atomic E-state index is 0.206. The molecule has 0 radical (unpaired) electrons. The Balaban J connectivity index is 1.70. The monoisotopic (exact) mass is 384 g/mol. The Bertz CT molecular complexity index is 875. The van der Waals surface area contributed by atoms with E-state index < -0.39 is 0 Å². The van der Waals surface area contributed by atoms with Crippen LogP contribution in [-0.4, -0.2) is 11.0 Å². The van der Waals surface area contributed by atoms with E-state index in [1.54, 1.807) is 30.5 Å². The fourth-order valence-electron chi connectivity index (χ4n) is 1.97. The summed E-state index contributed by atoms with van der Waals surface area (Å²) in [6.45, 7) is 0.391. The van der Waals surface area contributed by atoms with E-state index in [1.807, 2.05) is 6.07 Å². The number of nitrogens with one attached hydrogen (secondary N) is 2. The topological polar surface area (TPSA) is 54.3 Å². The summed E-state index contributed by atoms with van der Waals surface area (Å²) in [6.07, 6.45) is 1.57. The minimum atomic E-state index is -0.357. The van der Waals surface area contributed by atoms with Gasteiger partial charge in [0.25, 0.3) is 5.91 Å². The van der Waals surface area contributed by atoms with Crippen molar-refractivity contribution in [2.45, 2.75) is 6.54 Å². The molecule has 0 saturated carbocycles. The van der Waals surface area contributed by atoms with E-state index in [-0.39, 0.29) is 11.0 Å². The summed E-state index contributed by atoms with van der Waals surface area (Å²) in [5.41, 5.74) is 0. The zero-order valence-electron chi connectivity index (χ0n) is 11.6. The maximum absolute atomic E-state index is 12.3. The minimum Gasteiger partial charge on any atom is -0.467 e. The molecule has 2 heterocycles. The summed E-state index contributed by atoms with van der Waals surface area (Å²) in [5.74, 6) is 0.361. The standard InChI is InChI=1S/C15H10Cl2N2O2S2/c16-8-3-4-10-11(6-8)23-13(12(10)17)14(20)19-15(22)18-7-9-2-1-5-21-9/h1-6H,7H2,(H2,18,19,20,22). The van der Waals surface area contributed by atoms with Crippen LogP contribution in [0.15, 0.2) is 41.0 Å². The van der Waals surface area contributed by atoms with Gasteiger partial charge >= 0.3 is 0 Å². The molecular weight excluding hydrogens is 375 g/mol. The van der Waals surface area contributed by atoms with Gasteiger partial charge in [-0.25, -0.2) is 0 Å². The van der Waals surface area contributed by atoms with Crippen LogP contribution in [0.3, 0.4) is 0 Å². The Hall–Kier alpha value is -1.60. The van der Waals surface area contributed by atoms with Crippen molar-refractivity contribution in [1.82, 2.24) is 10.6 Å². The first-order valence-corrected chi connectivity index (χ1v) is 8.52. The van der Waals surface area contributed by atoms with Gasteiger partial charge in [0.2, 0.25) is 0 Å². The summed E-state index contributed by atoms with van der Waals surface area (Å²) in [4.78, 5) is 12.7. The number of thiophene rings is 1. The zero-order valence-corrected chi connectivity index (χ0v) is 14.7. The molecule has 0 aliphatic rings. The summed E-state index contributed by atoms with van der Waals surface area (Å²) in [6, 6.07) is 8.89. The molecule has 0 atom stereocenters. The first-order valence-electron chi connectivity index (χ1n) is 6.53. The van der Waals surface area contributed by atoms with Crippen molar-refractivity contribution < 1.29 is 9.21 Å². The number of carbonyl (C=O) groups excluding carboxylic acids is 1. The second kappa shape index (κ2) is 6.88. The lowest BCUT2D eigenvalue weighted by Crippen LogP contribution is -2.38. The van der Waals surface area contributed by atoms with Gasteiger partial charge in [-0.2, -0.15) is 0 Å². The smallest absolute Gasteiger partial charge is 0.269 e. The molecule has 23 heavy (non-hydrogen) atoms. The number of rotatable bonds is 3. The van der Waals surface area contributed by atoms with Gasteiger partial charge in [-0.1, -0.05) is 29.3 Å². The summed E-state index contributed by atoms with van der Waals surface area (Å²) in [5, 5.41) is 7.49. The molecule has 118 valence electrons. The van der Waals surface area contributed by atoms with Crippen LogP contribution >= 0.6 is 46.8 Å². The van der Waals surface area contributed by atoms with Crippen molar-refractivity contribution in [2.75, 3.05) is 0 Å². The fraction of sp³-hybridized carbons (Fsp3) is 0.0667. The van der Waals surface area contributed by atoms with Crippen LogP contribution in [0.5, 0.6) is 0 Å². The quantitative estimate of drug-likeness (QED) is 0.647. The summed E-state index contributed by atoms with van der Waals surface area (Å²) >= 11 is 18.6. The molecule has 0 aliphatic heterocycles. The molecule has 0 aliphatic carbocycles. The Kier molecular flexibility index (Phi) is 4.87. The van der Waals surface area contributed by atoms with Gasteiger partial charge in [-0.3, -0.25) is 10.1 Å². The average Bonchev–Trinajstić information content (AvgIpc) is 3.13. The Morgan fingerprint density at radius 1 is 1.30 bits per heavy atom. The van der Waals surface area contributed by atoms with Crippen molar-refractivity contribution in [3.63, 3.8) is 0 Å². The highest BCUT2D eigenvalue weighted by Crippen LogP contribution is 2.36. The third-order valence-corrected chi connectivity index (χ3v) is 5.17. The highest BCUT2D eigenvalue weighted by Gasteiger charge is 2.18. The van der Waals surface area contributed by atoms with Gasteiger partial charge in [-0.15, -0.1) is 11.3 Å². The van der Waals surface area contributed by atoms with Gasteiger partial charge in [0, 0.05) is 15.1 Å². The molecule has 0 fully saturated rings. The van der Waals surface area contributed by atoms with Crippen LogP contribution in [-0.2, 0) is 6.54 Å². The number of halogens is 2. The van der Waals surface area contributed by atoms with E-state index in [4.69, 9.17) is 39.8 Å². The summed E-state index contributed by atoms with van der Waals surface area (Å²) < 4.78 is 6.03. The Morgan fingerprint density at radius 3 is 2.87 bits per heavy atom.